The Balaban J connectivity index is 1.34. The van der Waals surface area contributed by atoms with Gasteiger partial charge in [-0.05, 0) is 49.2 Å². The van der Waals surface area contributed by atoms with E-state index < -0.39 is 15.6 Å². The maximum Gasteiger partial charge on any atom is 0.274 e. The van der Waals surface area contributed by atoms with Crippen LogP contribution < -0.4 is 9.47 Å². The lowest BCUT2D eigenvalue weighted by atomic mass is 10.1. The summed E-state index contributed by atoms with van der Waals surface area (Å²) < 4.78 is 37.5. The number of piperidine rings is 1. The lowest BCUT2D eigenvalue weighted by Crippen LogP contribution is -2.44. The summed E-state index contributed by atoms with van der Waals surface area (Å²) in [7, 11) is -2.19. The highest BCUT2D eigenvalue weighted by atomic mass is 32.2. The van der Waals surface area contributed by atoms with E-state index in [4.69, 9.17) is 9.47 Å². The number of methoxy groups -OCH3 is 1. The van der Waals surface area contributed by atoms with E-state index in [1.165, 1.54) is 24.8 Å². The van der Waals surface area contributed by atoms with Gasteiger partial charge in [0.05, 0.1) is 22.2 Å². The fraction of sp³-hybridized carbons (Fsp3) is 0.391. The summed E-state index contributed by atoms with van der Waals surface area (Å²) in [6.45, 7) is 5.03. The Morgan fingerprint density at radius 2 is 1.75 bits per heavy atom. The molecule has 0 saturated carbocycles. The lowest BCUT2D eigenvalue weighted by molar-refractivity contribution is -0.130. The molecule has 0 unspecified atom stereocenters. The zero-order valence-corrected chi connectivity index (χ0v) is 20.0. The van der Waals surface area contributed by atoms with E-state index in [0.29, 0.717) is 36.9 Å². The van der Waals surface area contributed by atoms with Gasteiger partial charge in [-0.2, -0.15) is 0 Å². The van der Waals surface area contributed by atoms with Gasteiger partial charge in [-0.1, -0.05) is 23.5 Å². The number of aryl methyl sites for hydroxylation is 2. The maximum absolute atomic E-state index is 12.6. The van der Waals surface area contributed by atoms with Crippen molar-refractivity contribution in [1.29, 1.82) is 0 Å². The van der Waals surface area contributed by atoms with Crippen molar-refractivity contribution in [3.63, 3.8) is 0 Å². The monoisotopic (exact) mass is 474 g/mol. The highest BCUT2D eigenvalue weighted by molar-refractivity contribution is 7.92. The molecule has 0 N–H and O–H groups in total. The fourth-order valence-electron chi connectivity index (χ4n) is 3.78. The molecule has 2 aromatic carbocycles. The van der Waals surface area contributed by atoms with Crippen LogP contribution in [-0.2, 0) is 14.6 Å². The minimum Gasteiger partial charge on any atom is -0.497 e. The molecule has 0 aliphatic carbocycles. The molecule has 1 saturated heterocycles. The molecule has 0 radical (unpaired) electrons. The lowest BCUT2D eigenvalue weighted by Gasteiger charge is -2.31. The van der Waals surface area contributed by atoms with E-state index in [2.05, 4.69) is 24.0 Å². The molecule has 0 bridgehead atoms. The van der Waals surface area contributed by atoms with E-state index in [0.717, 1.165) is 15.8 Å². The molecule has 1 aliphatic rings. The average molecular weight is 475 g/mol. The topological polar surface area (TPSA) is 85.8 Å². The molecule has 32 heavy (non-hydrogen) atoms. The smallest absolute Gasteiger partial charge is 0.274 e. The number of carbonyl (C=O) groups excluding carboxylic acids is 1. The Morgan fingerprint density at radius 3 is 2.38 bits per heavy atom. The molecular formula is C23H26N2O5S2. The van der Waals surface area contributed by atoms with Gasteiger partial charge >= 0.3 is 0 Å². The third-order valence-electron chi connectivity index (χ3n) is 5.72. The summed E-state index contributed by atoms with van der Waals surface area (Å²) in [5, 5.41) is 0.643. The summed E-state index contributed by atoms with van der Waals surface area (Å²) in [5.41, 5.74) is 3.27. The predicted molar refractivity (Wildman–Crippen MR) is 124 cm³/mol. The Hall–Kier alpha value is -2.65. The van der Waals surface area contributed by atoms with Crippen LogP contribution in [0.3, 0.4) is 0 Å². The number of thiazole rings is 1. The van der Waals surface area contributed by atoms with Crippen molar-refractivity contribution in [1.82, 2.24) is 9.88 Å². The zero-order chi connectivity index (χ0) is 22.9. The molecule has 1 amide bonds. The Kier molecular flexibility index (Phi) is 6.39. The number of rotatable bonds is 6. The summed E-state index contributed by atoms with van der Waals surface area (Å²) in [6.07, 6.45) is 1.24. The number of aromatic nitrogens is 1. The SMILES string of the molecule is COc1ccc(S(=O)(=O)CC(=O)N2CCC(Oc3nc4c(C)ccc(C)c4s3)CC2)cc1. The van der Waals surface area contributed by atoms with E-state index in [-0.39, 0.29) is 16.9 Å². The standard InChI is InChI=1S/C23H26N2O5S2/c1-15-4-5-16(2)22-21(15)24-23(31-22)30-18-10-12-25(13-11-18)20(26)14-32(27,28)19-8-6-17(29-3)7-9-19/h4-9,18H,10-14H2,1-3H3. The van der Waals surface area contributed by atoms with Crippen LogP contribution in [0, 0.1) is 13.8 Å². The van der Waals surface area contributed by atoms with Crippen LogP contribution in [0.5, 0.6) is 10.9 Å². The van der Waals surface area contributed by atoms with Crippen molar-refractivity contribution in [3.05, 3.63) is 47.5 Å². The van der Waals surface area contributed by atoms with Crippen molar-refractivity contribution in [2.45, 2.75) is 37.7 Å². The number of likely N-dealkylation sites (tertiary alicyclic amines) is 1. The number of hydrogen-bond acceptors (Lipinski definition) is 7. The molecule has 4 rings (SSSR count). The summed E-state index contributed by atoms with van der Waals surface area (Å²) >= 11 is 1.54. The number of hydrogen-bond donors (Lipinski definition) is 0. The Labute approximate surface area is 191 Å². The van der Waals surface area contributed by atoms with E-state index in [1.807, 2.05) is 6.92 Å². The van der Waals surface area contributed by atoms with Crippen LogP contribution in [-0.4, -0.2) is 56.3 Å². The molecule has 3 aromatic rings. The molecule has 1 aliphatic heterocycles. The number of amides is 1. The first-order chi connectivity index (χ1) is 15.3. The van der Waals surface area contributed by atoms with Gasteiger partial charge in [-0.3, -0.25) is 4.79 Å². The van der Waals surface area contributed by atoms with Crippen LogP contribution in [0.4, 0.5) is 0 Å². The summed E-state index contributed by atoms with van der Waals surface area (Å²) in [6, 6.07) is 10.2. The van der Waals surface area contributed by atoms with Crippen LogP contribution in [0.1, 0.15) is 24.0 Å². The van der Waals surface area contributed by atoms with E-state index in [9.17, 15) is 13.2 Å². The quantitative estimate of drug-likeness (QED) is 0.541. The Bertz CT molecular complexity index is 1190. The molecule has 9 heteroatoms. The van der Waals surface area contributed by atoms with Crippen LogP contribution >= 0.6 is 11.3 Å². The second-order valence-corrected chi connectivity index (χ2v) is 10.9. The molecular weight excluding hydrogens is 448 g/mol. The second-order valence-electron chi connectivity index (χ2n) is 7.99. The third kappa shape index (κ3) is 4.73. The minimum absolute atomic E-state index is 0.0431. The van der Waals surface area contributed by atoms with Gasteiger partial charge in [0.25, 0.3) is 5.19 Å². The number of carbonyl (C=O) groups is 1. The van der Waals surface area contributed by atoms with Crippen LogP contribution in [0.2, 0.25) is 0 Å². The van der Waals surface area contributed by atoms with Gasteiger partial charge in [0.15, 0.2) is 9.84 Å². The molecule has 7 nitrogen and oxygen atoms in total. The van der Waals surface area contributed by atoms with Gasteiger partial charge in [0.2, 0.25) is 5.91 Å². The molecule has 170 valence electrons. The molecule has 0 spiro atoms. The molecule has 0 atom stereocenters. The van der Waals surface area contributed by atoms with Crippen LogP contribution in [0.15, 0.2) is 41.3 Å². The second kappa shape index (κ2) is 9.07. The van der Waals surface area contributed by atoms with Crippen molar-refractivity contribution in [2.75, 3.05) is 26.0 Å². The highest BCUT2D eigenvalue weighted by Crippen LogP contribution is 2.33. The number of fused-ring (bicyclic) bond motifs is 1. The minimum atomic E-state index is -3.71. The average Bonchev–Trinajstić information content (AvgIpc) is 3.21. The number of ether oxygens (including phenoxy) is 2. The van der Waals surface area contributed by atoms with Crippen LogP contribution in [0.25, 0.3) is 10.2 Å². The van der Waals surface area contributed by atoms with Crippen molar-refractivity contribution >= 4 is 37.3 Å². The highest BCUT2D eigenvalue weighted by Gasteiger charge is 2.28. The first-order valence-corrected chi connectivity index (χ1v) is 12.9. The first-order valence-electron chi connectivity index (χ1n) is 10.4. The largest absolute Gasteiger partial charge is 0.497 e. The summed E-state index contributed by atoms with van der Waals surface area (Å²) in [5.74, 6) is -0.359. The van der Waals surface area contributed by atoms with Gasteiger partial charge in [-0.15, -0.1) is 0 Å². The van der Waals surface area contributed by atoms with Crippen molar-refractivity contribution in [2.24, 2.45) is 0 Å². The van der Waals surface area contributed by atoms with Gasteiger partial charge in [-0.25, -0.2) is 13.4 Å². The van der Waals surface area contributed by atoms with Gasteiger partial charge in [0, 0.05) is 25.9 Å². The molecule has 2 heterocycles. The number of sulfone groups is 1. The molecule has 1 fully saturated rings. The first kappa shape index (κ1) is 22.5. The fourth-order valence-corrected chi connectivity index (χ4v) is 6.03. The molecule has 1 aromatic heterocycles. The maximum atomic E-state index is 12.6. The zero-order valence-electron chi connectivity index (χ0n) is 18.3. The van der Waals surface area contributed by atoms with Crippen molar-refractivity contribution in [3.8, 4) is 10.9 Å². The van der Waals surface area contributed by atoms with Crippen molar-refractivity contribution < 1.29 is 22.7 Å². The van der Waals surface area contributed by atoms with Gasteiger partial charge in [0.1, 0.15) is 17.6 Å². The number of benzene rings is 2. The van der Waals surface area contributed by atoms with E-state index in [1.54, 1.807) is 28.4 Å². The number of nitrogens with zero attached hydrogens (tertiary/aromatic N) is 2. The third-order valence-corrected chi connectivity index (χ3v) is 8.42. The Morgan fingerprint density at radius 1 is 1.09 bits per heavy atom. The normalized spacial score (nSPS) is 15.2. The summed E-state index contributed by atoms with van der Waals surface area (Å²) in [4.78, 5) is 19.0. The van der Waals surface area contributed by atoms with Gasteiger partial charge < -0.3 is 14.4 Å². The predicted octanol–water partition coefficient (Wildman–Crippen LogP) is 3.77. The van der Waals surface area contributed by atoms with E-state index >= 15 is 0 Å².